The van der Waals surface area contributed by atoms with E-state index in [1.165, 1.54) is 19.4 Å². The molecule has 0 spiro atoms. The van der Waals surface area contributed by atoms with Crippen LogP contribution in [0.25, 0.3) is 6.08 Å². The lowest BCUT2D eigenvalue weighted by molar-refractivity contribution is -0.123. The number of rotatable bonds is 8. The van der Waals surface area contributed by atoms with Gasteiger partial charge in [0, 0.05) is 0 Å². The second kappa shape index (κ2) is 10.1. The molecule has 0 radical (unpaired) electrons. The van der Waals surface area contributed by atoms with Crippen molar-refractivity contribution >= 4 is 35.0 Å². The lowest BCUT2D eigenvalue weighted by atomic mass is 10.2. The van der Waals surface area contributed by atoms with Crippen molar-refractivity contribution in [1.29, 1.82) is 0 Å². The van der Waals surface area contributed by atoms with Gasteiger partial charge in [-0.15, -0.1) is 0 Å². The molecule has 9 heteroatoms. The Kier molecular flexibility index (Phi) is 6.80. The molecular formula is C24H19NO7S. The number of furan rings is 1. The summed E-state index contributed by atoms with van der Waals surface area (Å²) in [5.41, 5.74) is 0.607. The minimum Gasteiger partial charge on any atom is -0.493 e. The van der Waals surface area contributed by atoms with Crippen molar-refractivity contribution < 1.29 is 33.0 Å². The van der Waals surface area contributed by atoms with Crippen LogP contribution in [0.15, 0.2) is 76.2 Å². The highest BCUT2D eigenvalue weighted by Gasteiger charge is 2.34. The first-order valence-corrected chi connectivity index (χ1v) is 10.7. The van der Waals surface area contributed by atoms with Gasteiger partial charge in [-0.25, -0.2) is 4.79 Å². The van der Waals surface area contributed by atoms with Crippen LogP contribution in [0, 0.1) is 0 Å². The van der Waals surface area contributed by atoms with Crippen LogP contribution in [0.5, 0.6) is 17.2 Å². The van der Waals surface area contributed by atoms with E-state index < -0.39 is 11.9 Å². The third-order valence-electron chi connectivity index (χ3n) is 4.61. The zero-order valence-corrected chi connectivity index (χ0v) is 18.4. The first-order valence-electron chi connectivity index (χ1n) is 9.92. The molecule has 2 heterocycles. The molecule has 3 aromatic rings. The van der Waals surface area contributed by atoms with Crippen LogP contribution in [-0.4, -0.2) is 42.3 Å². The Bertz CT molecular complexity index is 1190. The average Bonchev–Trinajstić information content (AvgIpc) is 3.45. The minimum atomic E-state index is -0.662. The van der Waals surface area contributed by atoms with Gasteiger partial charge in [-0.2, -0.15) is 0 Å². The Morgan fingerprint density at radius 2 is 1.88 bits per heavy atom. The predicted octanol–water partition coefficient (Wildman–Crippen LogP) is 4.62. The number of esters is 1. The highest BCUT2D eigenvalue weighted by Crippen LogP contribution is 2.34. The molecule has 0 atom stereocenters. The number of amides is 2. The van der Waals surface area contributed by atoms with Gasteiger partial charge >= 0.3 is 5.97 Å². The van der Waals surface area contributed by atoms with Gasteiger partial charge in [0.15, 0.2) is 11.5 Å². The Labute approximate surface area is 193 Å². The van der Waals surface area contributed by atoms with E-state index in [0.29, 0.717) is 17.1 Å². The van der Waals surface area contributed by atoms with Crippen molar-refractivity contribution in [2.45, 2.75) is 0 Å². The third-order valence-corrected chi connectivity index (χ3v) is 5.52. The smallest absolute Gasteiger partial charge is 0.379 e. The van der Waals surface area contributed by atoms with Gasteiger partial charge in [-0.3, -0.25) is 14.5 Å². The lowest BCUT2D eigenvalue weighted by Crippen LogP contribution is -2.32. The Morgan fingerprint density at radius 3 is 2.61 bits per heavy atom. The second-order valence-electron chi connectivity index (χ2n) is 6.77. The number of thioether (sulfide) groups is 1. The predicted molar refractivity (Wildman–Crippen MR) is 121 cm³/mol. The molecule has 4 rings (SSSR count). The molecule has 1 fully saturated rings. The lowest BCUT2D eigenvalue weighted by Gasteiger charge is -2.13. The van der Waals surface area contributed by atoms with Crippen molar-refractivity contribution in [2.75, 3.05) is 20.3 Å². The number of methoxy groups -OCH3 is 1. The van der Waals surface area contributed by atoms with E-state index >= 15 is 0 Å². The van der Waals surface area contributed by atoms with Gasteiger partial charge < -0.3 is 18.6 Å². The molecule has 168 valence electrons. The van der Waals surface area contributed by atoms with Gasteiger partial charge in [0.1, 0.15) is 12.4 Å². The zero-order valence-electron chi connectivity index (χ0n) is 17.6. The zero-order chi connectivity index (χ0) is 23.2. The molecule has 1 aliphatic rings. The average molecular weight is 465 g/mol. The molecule has 1 aromatic heterocycles. The topological polar surface area (TPSA) is 95.3 Å². The maximum Gasteiger partial charge on any atom is 0.379 e. The Balaban J connectivity index is 1.42. The number of nitrogens with zero attached hydrogens (tertiary/aromatic N) is 1. The fraction of sp³-hybridized carbons (Fsp3) is 0.125. The van der Waals surface area contributed by atoms with Crippen LogP contribution in [0.2, 0.25) is 0 Å². The number of para-hydroxylation sites is 1. The summed E-state index contributed by atoms with van der Waals surface area (Å²) in [5.74, 6) is 0.159. The van der Waals surface area contributed by atoms with Gasteiger partial charge in [-0.1, -0.05) is 24.3 Å². The molecule has 1 saturated heterocycles. The maximum atomic E-state index is 12.7. The largest absolute Gasteiger partial charge is 0.493 e. The van der Waals surface area contributed by atoms with Crippen LogP contribution in [0.3, 0.4) is 0 Å². The maximum absolute atomic E-state index is 12.7. The normalized spacial score (nSPS) is 14.6. The first-order chi connectivity index (χ1) is 16.0. The van der Waals surface area contributed by atoms with E-state index in [1.807, 2.05) is 18.2 Å². The van der Waals surface area contributed by atoms with Crippen molar-refractivity contribution in [3.05, 3.63) is 83.2 Å². The number of benzene rings is 2. The molecule has 0 aliphatic carbocycles. The number of imide groups is 1. The van der Waals surface area contributed by atoms with E-state index in [2.05, 4.69) is 0 Å². The molecule has 8 nitrogen and oxygen atoms in total. The fourth-order valence-corrected chi connectivity index (χ4v) is 3.88. The van der Waals surface area contributed by atoms with Crippen LogP contribution in [0.4, 0.5) is 4.79 Å². The molecule has 0 bridgehead atoms. The number of ether oxygens (including phenoxy) is 3. The highest BCUT2D eigenvalue weighted by atomic mass is 32.2. The Hall–Kier alpha value is -3.98. The van der Waals surface area contributed by atoms with Crippen LogP contribution < -0.4 is 14.2 Å². The summed E-state index contributed by atoms with van der Waals surface area (Å²) in [6.45, 7) is 0.334. The van der Waals surface area contributed by atoms with Crippen molar-refractivity contribution in [3.8, 4) is 17.2 Å². The SMILES string of the molecule is COc1cc(/C=C2\SC(=O)N(CCOc3ccccc3)C2=O)ccc1OC(=O)c1ccco1. The van der Waals surface area contributed by atoms with Crippen molar-refractivity contribution in [3.63, 3.8) is 0 Å². The van der Waals surface area contributed by atoms with E-state index in [0.717, 1.165) is 16.7 Å². The molecular weight excluding hydrogens is 446 g/mol. The van der Waals surface area contributed by atoms with E-state index in [-0.39, 0.29) is 34.8 Å². The summed E-state index contributed by atoms with van der Waals surface area (Å²) >= 11 is 0.854. The molecule has 2 aromatic carbocycles. The highest BCUT2D eigenvalue weighted by molar-refractivity contribution is 8.18. The first kappa shape index (κ1) is 22.2. The van der Waals surface area contributed by atoms with Gasteiger partial charge in [0.2, 0.25) is 5.76 Å². The molecule has 0 unspecified atom stereocenters. The summed E-state index contributed by atoms with van der Waals surface area (Å²) < 4.78 is 21.2. The van der Waals surface area contributed by atoms with Gasteiger partial charge in [0.25, 0.3) is 11.1 Å². The van der Waals surface area contributed by atoms with Crippen LogP contribution >= 0.6 is 11.8 Å². The van der Waals surface area contributed by atoms with Crippen LogP contribution in [-0.2, 0) is 4.79 Å². The summed E-state index contributed by atoms with van der Waals surface area (Å²) in [4.78, 5) is 38.6. The summed E-state index contributed by atoms with van der Waals surface area (Å²) in [6.07, 6.45) is 2.96. The third kappa shape index (κ3) is 5.27. The minimum absolute atomic E-state index is 0.0612. The number of hydrogen-bond acceptors (Lipinski definition) is 8. The molecule has 0 N–H and O–H groups in total. The van der Waals surface area contributed by atoms with E-state index in [9.17, 15) is 14.4 Å². The van der Waals surface area contributed by atoms with E-state index in [4.69, 9.17) is 18.6 Å². The summed E-state index contributed by atoms with van der Waals surface area (Å²) in [5, 5.41) is -0.362. The molecule has 2 amide bonds. The van der Waals surface area contributed by atoms with Gasteiger partial charge in [-0.05, 0) is 59.8 Å². The van der Waals surface area contributed by atoms with E-state index in [1.54, 1.807) is 42.5 Å². The molecule has 33 heavy (non-hydrogen) atoms. The molecule has 0 saturated carbocycles. The second-order valence-corrected chi connectivity index (χ2v) is 7.77. The van der Waals surface area contributed by atoms with Crippen molar-refractivity contribution in [1.82, 2.24) is 4.90 Å². The number of carbonyl (C=O) groups is 3. The fourth-order valence-electron chi connectivity index (χ4n) is 3.02. The number of hydrogen-bond donors (Lipinski definition) is 0. The Morgan fingerprint density at radius 1 is 1.06 bits per heavy atom. The summed E-state index contributed by atoms with van der Waals surface area (Å²) in [7, 11) is 1.43. The summed E-state index contributed by atoms with van der Waals surface area (Å²) in [6, 6.07) is 17.0. The van der Waals surface area contributed by atoms with Gasteiger partial charge in [0.05, 0.1) is 24.8 Å². The van der Waals surface area contributed by atoms with Crippen molar-refractivity contribution in [2.24, 2.45) is 0 Å². The van der Waals surface area contributed by atoms with Crippen LogP contribution in [0.1, 0.15) is 16.1 Å². The standard InChI is InChI=1S/C24H19NO7S/c1-29-20-14-16(9-10-18(20)32-23(27)19-8-5-12-31-19)15-21-22(26)25(24(28)33-21)11-13-30-17-6-3-2-4-7-17/h2-10,12,14-15H,11,13H2,1H3/b21-15-. The monoisotopic (exact) mass is 465 g/mol. The molecule has 1 aliphatic heterocycles. The number of carbonyl (C=O) groups excluding carboxylic acids is 3. The quantitative estimate of drug-likeness (QED) is 0.270.